The third-order valence-corrected chi connectivity index (χ3v) is 5.95. The molecule has 1 fully saturated rings. The van der Waals surface area contributed by atoms with E-state index < -0.39 is 0 Å². The summed E-state index contributed by atoms with van der Waals surface area (Å²) in [6.07, 6.45) is 3.32. The van der Waals surface area contributed by atoms with Crippen LogP contribution in [0.3, 0.4) is 0 Å². The lowest BCUT2D eigenvalue weighted by molar-refractivity contribution is 0.0994. The molecule has 2 aromatic heterocycles. The van der Waals surface area contributed by atoms with Gasteiger partial charge in [0.05, 0.1) is 5.69 Å². The minimum absolute atomic E-state index is 0.190. The van der Waals surface area contributed by atoms with E-state index in [0.717, 1.165) is 66.0 Å². The second-order valence-corrected chi connectivity index (χ2v) is 7.73. The molecular weight excluding hydrogens is 336 g/mol. The first-order valence-electron chi connectivity index (χ1n) is 8.93. The molecular formula is C18H24N4O2S. The highest BCUT2D eigenvalue weighted by atomic mass is 32.2. The second-order valence-electron chi connectivity index (χ2n) is 6.74. The van der Waals surface area contributed by atoms with Crippen LogP contribution in [0, 0.1) is 0 Å². The van der Waals surface area contributed by atoms with Gasteiger partial charge in [0.2, 0.25) is 0 Å². The largest absolute Gasteiger partial charge is 0.456 e. The van der Waals surface area contributed by atoms with E-state index in [1.165, 1.54) is 12.8 Å². The molecule has 0 aromatic carbocycles. The maximum atomic E-state index is 12.7. The molecule has 1 N–H and O–H groups in total. The van der Waals surface area contributed by atoms with E-state index in [4.69, 9.17) is 4.42 Å². The molecule has 7 heteroatoms. The van der Waals surface area contributed by atoms with E-state index in [-0.39, 0.29) is 5.91 Å². The smallest absolute Gasteiger partial charge is 0.292 e. The molecule has 4 rings (SSSR count). The topological polar surface area (TPSA) is 63.3 Å². The Morgan fingerprint density at radius 3 is 2.92 bits per heavy atom. The van der Waals surface area contributed by atoms with Gasteiger partial charge in [0.15, 0.2) is 5.76 Å². The van der Waals surface area contributed by atoms with Gasteiger partial charge in [-0.2, -0.15) is 16.9 Å². The van der Waals surface area contributed by atoms with E-state index in [1.54, 1.807) is 4.68 Å². The van der Waals surface area contributed by atoms with Crippen LogP contribution in [0.4, 0.5) is 5.82 Å². The number of furan rings is 1. The van der Waals surface area contributed by atoms with Crippen LogP contribution in [0.1, 0.15) is 52.9 Å². The molecule has 0 saturated carbocycles. The van der Waals surface area contributed by atoms with E-state index in [0.29, 0.717) is 5.76 Å². The SMILES string of the molecule is CCc1oc(C(=O)Nc2c3c(nn2C)CSC3)cc1CN1CCCC1. The zero-order valence-electron chi connectivity index (χ0n) is 14.8. The Morgan fingerprint density at radius 2 is 2.16 bits per heavy atom. The predicted octanol–water partition coefficient (Wildman–Crippen LogP) is 3.17. The summed E-state index contributed by atoms with van der Waals surface area (Å²) in [5, 5.41) is 7.50. The van der Waals surface area contributed by atoms with Gasteiger partial charge in [0.1, 0.15) is 11.6 Å². The molecule has 0 unspecified atom stereocenters. The first-order chi connectivity index (χ1) is 12.2. The van der Waals surface area contributed by atoms with Gasteiger partial charge in [-0.05, 0) is 32.0 Å². The quantitative estimate of drug-likeness (QED) is 0.887. The average Bonchev–Trinajstić information content (AvgIpc) is 3.35. The molecule has 2 aliphatic rings. The standard InChI is InChI=1S/C18H24N4O2S/c1-3-15-12(9-22-6-4-5-7-22)8-16(24-15)18(23)19-17-13-10-25-11-14(13)20-21(17)2/h8H,3-7,9-11H2,1-2H3,(H,19,23). The summed E-state index contributed by atoms with van der Waals surface area (Å²) in [6.45, 7) is 5.21. The zero-order chi connectivity index (χ0) is 17.4. The van der Waals surface area contributed by atoms with Crippen LogP contribution in [0.25, 0.3) is 0 Å². The van der Waals surface area contributed by atoms with Crippen molar-refractivity contribution in [2.24, 2.45) is 7.05 Å². The summed E-state index contributed by atoms with van der Waals surface area (Å²) in [4.78, 5) is 15.1. The molecule has 0 bridgehead atoms. The summed E-state index contributed by atoms with van der Waals surface area (Å²) in [6, 6.07) is 1.91. The van der Waals surface area contributed by atoms with Gasteiger partial charge in [-0.15, -0.1) is 0 Å². The van der Waals surface area contributed by atoms with Gasteiger partial charge in [0.25, 0.3) is 5.91 Å². The van der Waals surface area contributed by atoms with Crippen LogP contribution in [-0.4, -0.2) is 33.7 Å². The van der Waals surface area contributed by atoms with E-state index in [9.17, 15) is 4.79 Å². The molecule has 0 atom stereocenters. The van der Waals surface area contributed by atoms with E-state index in [1.807, 2.05) is 24.9 Å². The van der Waals surface area contributed by atoms with Gasteiger partial charge < -0.3 is 9.73 Å². The van der Waals surface area contributed by atoms with Crippen LogP contribution in [0.2, 0.25) is 0 Å². The second kappa shape index (κ2) is 6.88. The lowest BCUT2D eigenvalue weighted by atomic mass is 10.2. The number of thioether (sulfide) groups is 1. The summed E-state index contributed by atoms with van der Waals surface area (Å²) in [5.74, 6) is 3.73. The Labute approximate surface area is 151 Å². The van der Waals surface area contributed by atoms with Crippen molar-refractivity contribution in [3.63, 3.8) is 0 Å². The number of aromatic nitrogens is 2. The number of hydrogen-bond donors (Lipinski definition) is 1. The molecule has 0 radical (unpaired) electrons. The van der Waals surface area contributed by atoms with E-state index in [2.05, 4.69) is 22.2 Å². The van der Waals surface area contributed by atoms with Gasteiger partial charge in [0, 0.05) is 42.6 Å². The number of nitrogens with one attached hydrogen (secondary N) is 1. The number of nitrogens with zero attached hydrogens (tertiary/aromatic N) is 3. The Bertz CT molecular complexity index is 789. The summed E-state index contributed by atoms with van der Waals surface area (Å²) in [5.41, 5.74) is 3.35. The third-order valence-electron chi connectivity index (χ3n) is 4.98. The van der Waals surface area contributed by atoms with Crippen LogP contribution in [0.5, 0.6) is 0 Å². The van der Waals surface area contributed by atoms with Crippen molar-refractivity contribution in [2.75, 3.05) is 18.4 Å². The lowest BCUT2D eigenvalue weighted by Gasteiger charge is -2.13. The van der Waals surface area contributed by atoms with Gasteiger partial charge in [-0.3, -0.25) is 14.4 Å². The maximum Gasteiger partial charge on any atom is 0.292 e. The highest BCUT2D eigenvalue weighted by molar-refractivity contribution is 7.98. The van der Waals surface area contributed by atoms with Gasteiger partial charge in [-0.25, -0.2) is 0 Å². The van der Waals surface area contributed by atoms with Crippen molar-refractivity contribution in [3.05, 3.63) is 34.4 Å². The van der Waals surface area contributed by atoms with Gasteiger partial charge in [-0.1, -0.05) is 6.92 Å². The minimum atomic E-state index is -0.190. The third kappa shape index (κ3) is 3.22. The minimum Gasteiger partial charge on any atom is -0.456 e. The molecule has 2 aliphatic heterocycles. The normalized spacial score (nSPS) is 17.2. The van der Waals surface area contributed by atoms with Crippen LogP contribution in [-0.2, 0) is 31.5 Å². The van der Waals surface area contributed by atoms with Crippen molar-refractivity contribution in [1.29, 1.82) is 0 Å². The molecule has 1 amide bonds. The van der Waals surface area contributed by atoms with Crippen molar-refractivity contribution >= 4 is 23.5 Å². The molecule has 0 spiro atoms. The van der Waals surface area contributed by atoms with E-state index >= 15 is 0 Å². The molecule has 1 saturated heterocycles. The number of rotatable bonds is 5. The number of carbonyl (C=O) groups excluding carboxylic acids is 1. The monoisotopic (exact) mass is 360 g/mol. The van der Waals surface area contributed by atoms with Crippen LogP contribution >= 0.6 is 11.8 Å². The summed E-state index contributed by atoms with van der Waals surface area (Å²) in [7, 11) is 1.87. The molecule has 4 heterocycles. The predicted molar refractivity (Wildman–Crippen MR) is 98.8 cm³/mol. The lowest BCUT2D eigenvalue weighted by Crippen LogP contribution is -2.18. The molecule has 134 valence electrons. The Balaban J connectivity index is 1.53. The number of hydrogen-bond acceptors (Lipinski definition) is 5. The Hall–Kier alpha value is -1.73. The fourth-order valence-electron chi connectivity index (χ4n) is 3.66. The maximum absolute atomic E-state index is 12.7. The fourth-order valence-corrected chi connectivity index (χ4v) is 4.69. The van der Waals surface area contributed by atoms with Crippen molar-refractivity contribution in [2.45, 2.75) is 44.2 Å². The molecule has 6 nitrogen and oxygen atoms in total. The first kappa shape index (κ1) is 16.7. The van der Waals surface area contributed by atoms with Crippen molar-refractivity contribution in [3.8, 4) is 0 Å². The number of amides is 1. The van der Waals surface area contributed by atoms with Crippen molar-refractivity contribution in [1.82, 2.24) is 14.7 Å². The Kier molecular flexibility index (Phi) is 4.60. The van der Waals surface area contributed by atoms with Gasteiger partial charge >= 0.3 is 0 Å². The number of fused-ring (bicyclic) bond motifs is 1. The van der Waals surface area contributed by atoms with Crippen LogP contribution in [0.15, 0.2) is 10.5 Å². The van der Waals surface area contributed by atoms with Crippen molar-refractivity contribution < 1.29 is 9.21 Å². The number of aryl methyl sites for hydroxylation is 2. The first-order valence-corrected chi connectivity index (χ1v) is 10.1. The number of carbonyl (C=O) groups is 1. The number of likely N-dealkylation sites (tertiary alicyclic amines) is 1. The zero-order valence-corrected chi connectivity index (χ0v) is 15.6. The molecule has 25 heavy (non-hydrogen) atoms. The number of anilines is 1. The fraction of sp³-hybridized carbons (Fsp3) is 0.556. The molecule has 2 aromatic rings. The summed E-state index contributed by atoms with van der Waals surface area (Å²) >= 11 is 1.83. The van der Waals surface area contributed by atoms with Crippen LogP contribution < -0.4 is 5.32 Å². The highest BCUT2D eigenvalue weighted by Crippen LogP contribution is 2.34. The molecule has 0 aliphatic carbocycles. The summed E-state index contributed by atoms with van der Waals surface area (Å²) < 4.78 is 7.63. The average molecular weight is 360 g/mol. The Morgan fingerprint density at radius 1 is 1.36 bits per heavy atom. The highest BCUT2D eigenvalue weighted by Gasteiger charge is 2.25.